The van der Waals surface area contributed by atoms with E-state index in [0.29, 0.717) is 5.91 Å². The molecular formula is C16H23Cl2N5OS. The van der Waals surface area contributed by atoms with Gasteiger partial charge < -0.3 is 15.5 Å². The summed E-state index contributed by atoms with van der Waals surface area (Å²) >= 11 is 1.63. The molecule has 2 fully saturated rings. The molecule has 138 valence electrons. The van der Waals surface area contributed by atoms with E-state index in [2.05, 4.69) is 20.9 Å². The Kier molecular flexibility index (Phi) is 6.85. The monoisotopic (exact) mass is 403 g/mol. The third-order valence-electron chi connectivity index (χ3n) is 4.95. The lowest BCUT2D eigenvalue weighted by Gasteiger charge is -2.36. The highest BCUT2D eigenvalue weighted by atomic mass is 35.5. The van der Waals surface area contributed by atoms with E-state index in [1.165, 1.54) is 0 Å². The van der Waals surface area contributed by atoms with Gasteiger partial charge in [0.05, 0.1) is 5.39 Å². The SMILES string of the molecule is Cl.Cl.NC1CCC(C(=O)N2CCN(c3ncnc4sccc34)CC2)C1. The molecule has 2 unspecified atom stereocenters. The number of piperazine rings is 1. The van der Waals surface area contributed by atoms with Gasteiger partial charge in [0.15, 0.2) is 0 Å². The van der Waals surface area contributed by atoms with Gasteiger partial charge >= 0.3 is 0 Å². The molecule has 4 rings (SSSR count). The van der Waals surface area contributed by atoms with Crippen LogP contribution in [0.4, 0.5) is 5.82 Å². The second-order valence-electron chi connectivity index (χ2n) is 6.42. The average molecular weight is 404 g/mol. The predicted octanol–water partition coefficient (Wildman–Crippen LogP) is 2.31. The fourth-order valence-electron chi connectivity index (χ4n) is 3.67. The Labute approximate surface area is 163 Å². The molecule has 1 aliphatic carbocycles. The van der Waals surface area contributed by atoms with Gasteiger partial charge in [-0.05, 0) is 30.7 Å². The van der Waals surface area contributed by atoms with Crippen LogP contribution in [0.3, 0.4) is 0 Å². The zero-order valence-electron chi connectivity index (χ0n) is 13.8. The lowest BCUT2D eigenvalue weighted by molar-refractivity contribution is -0.135. The second kappa shape index (κ2) is 8.49. The Hall–Kier alpha value is -1.15. The number of carbonyl (C=O) groups excluding carboxylic acids is 1. The van der Waals surface area contributed by atoms with Crippen molar-refractivity contribution >= 4 is 58.1 Å². The van der Waals surface area contributed by atoms with Crippen LogP contribution in [0.2, 0.25) is 0 Å². The van der Waals surface area contributed by atoms with E-state index in [9.17, 15) is 4.79 Å². The van der Waals surface area contributed by atoms with E-state index >= 15 is 0 Å². The van der Waals surface area contributed by atoms with Gasteiger partial charge in [0.2, 0.25) is 5.91 Å². The summed E-state index contributed by atoms with van der Waals surface area (Å²) in [5.74, 6) is 1.42. The summed E-state index contributed by atoms with van der Waals surface area (Å²) in [7, 11) is 0. The van der Waals surface area contributed by atoms with Crippen molar-refractivity contribution in [2.45, 2.75) is 25.3 Å². The maximum Gasteiger partial charge on any atom is 0.225 e. The van der Waals surface area contributed by atoms with Crippen LogP contribution >= 0.6 is 36.2 Å². The summed E-state index contributed by atoms with van der Waals surface area (Å²) in [6.45, 7) is 3.18. The summed E-state index contributed by atoms with van der Waals surface area (Å²) in [5, 5.41) is 3.16. The smallest absolute Gasteiger partial charge is 0.225 e. The first-order valence-electron chi connectivity index (χ1n) is 8.20. The number of rotatable bonds is 2. The van der Waals surface area contributed by atoms with Crippen LogP contribution in [0.25, 0.3) is 10.2 Å². The zero-order valence-corrected chi connectivity index (χ0v) is 16.3. The predicted molar refractivity (Wildman–Crippen MR) is 106 cm³/mol. The molecule has 9 heteroatoms. The van der Waals surface area contributed by atoms with Crippen LogP contribution in [-0.4, -0.2) is 53.0 Å². The van der Waals surface area contributed by atoms with Gasteiger partial charge in [-0.25, -0.2) is 9.97 Å². The van der Waals surface area contributed by atoms with Gasteiger partial charge in [-0.15, -0.1) is 36.2 Å². The van der Waals surface area contributed by atoms with E-state index in [-0.39, 0.29) is 36.8 Å². The summed E-state index contributed by atoms with van der Waals surface area (Å²) in [5.41, 5.74) is 5.94. The standard InChI is InChI=1S/C16H21N5OS.2ClH/c17-12-2-1-11(9-12)16(22)21-6-4-20(5-7-21)14-13-3-8-23-15(13)19-10-18-14;;/h3,8,10-12H,1-2,4-7,9,17H2;2*1H. The average Bonchev–Trinajstić information content (AvgIpc) is 3.22. The van der Waals surface area contributed by atoms with Crippen molar-refractivity contribution in [3.05, 3.63) is 17.8 Å². The van der Waals surface area contributed by atoms with E-state index in [1.807, 2.05) is 10.3 Å². The van der Waals surface area contributed by atoms with Crippen molar-refractivity contribution in [1.29, 1.82) is 0 Å². The molecular weight excluding hydrogens is 381 g/mol. The minimum atomic E-state index is 0. The fourth-order valence-corrected chi connectivity index (χ4v) is 4.39. The van der Waals surface area contributed by atoms with E-state index < -0.39 is 0 Å². The number of anilines is 1. The van der Waals surface area contributed by atoms with Crippen LogP contribution in [0.15, 0.2) is 17.8 Å². The Balaban J connectivity index is 0.00000113. The zero-order chi connectivity index (χ0) is 15.8. The molecule has 0 spiro atoms. The fraction of sp³-hybridized carbons (Fsp3) is 0.562. The quantitative estimate of drug-likeness (QED) is 0.832. The second-order valence-corrected chi connectivity index (χ2v) is 7.31. The first-order valence-corrected chi connectivity index (χ1v) is 9.08. The van der Waals surface area contributed by atoms with Crippen LogP contribution in [0.1, 0.15) is 19.3 Å². The number of carbonyl (C=O) groups is 1. The van der Waals surface area contributed by atoms with E-state index in [4.69, 9.17) is 5.73 Å². The van der Waals surface area contributed by atoms with Crippen molar-refractivity contribution in [1.82, 2.24) is 14.9 Å². The minimum Gasteiger partial charge on any atom is -0.352 e. The summed E-state index contributed by atoms with van der Waals surface area (Å²) in [6.07, 6.45) is 4.40. The van der Waals surface area contributed by atoms with E-state index in [0.717, 1.165) is 61.5 Å². The third-order valence-corrected chi connectivity index (χ3v) is 5.77. The maximum absolute atomic E-state index is 12.6. The van der Waals surface area contributed by atoms with Gasteiger partial charge in [-0.1, -0.05) is 0 Å². The number of thiophene rings is 1. The molecule has 2 aliphatic rings. The number of nitrogens with zero attached hydrogens (tertiary/aromatic N) is 4. The first kappa shape index (κ1) is 20.2. The van der Waals surface area contributed by atoms with Gasteiger partial charge in [-0.3, -0.25) is 4.79 Å². The molecule has 0 radical (unpaired) electrons. The highest BCUT2D eigenvalue weighted by Gasteiger charge is 2.32. The Bertz CT molecular complexity index is 719. The number of hydrogen-bond acceptors (Lipinski definition) is 6. The molecule has 2 aromatic heterocycles. The lowest BCUT2D eigenvalue weighted by atomic mass is 10.1. The van der Waals surface area contributed by atoms with Crippen molar-refractivity contribution in [3.8, 4) is 0 Å². The molecule has 2 aromatic rings. The number of halogens is 2. The van der Waals surface area contributed by atoms with Crippen molar-refractivity contribution < 1.29 is 4.79 Å². The summed E-state index contributed by atoms with van der Waals surface area (Å²) in [6, 6.07) is 2.28. The number of nitrogens with two attached hydrogens (primary N) is 1. The topological polar surface area (TPSA) is 75.4 Å². The van der Waals surface area contributed by atoms with Crippen molar-refractivity contribution in [2.24, 2.45) is 11.7 Å². The molecule has 0 bridgehead atoms. The lowest BCUT2D eigenvalue weighted by Crippen LogP contribution is -2.50. The molecule has 1 aliphatic heterocycles. The highest BCUT2D eigenvalue weighted by molar-refractivity contribution is 7.16. The van der Waals surface area contributed by atoms with Gasteiger partial charge in [0.25, 0.3) is 0 Å². The van der Waals surface area contributed by atoms with E-state index in [1.54, 1.807) is 17.7 Å². The minimum absolute atomic E-state index is 0. The molecule has 3 heterocycles. The largest absolute Gasteiger partial charge is 0.352 e. The Morgan fingerprint density at radius 1 is 1.16 bits per heavy atom. The molecule has 25 heavy (non-hydrogen) atoms. The van der Waals surface area contributed by atoms with Crippen LogP contribution in [0.5, 0.6) is 0 Å². The van der Waals surface area contributed by atoms with Crippen LogP contribution in [-0.2, 0) is 4.79 Å². The van der Waals surface area contributed by atoms with Crippen LogP contribution < -0.4 is 10.6 Å². The number of fused-ring (bicyclic) bond motifs is 1. The first-order chi connectivity index (χ1) is 11.2. The van der Waals surface area contributed by atoms with Crippen molar-refractivity contribution in [2.75, 3.05) is 31.1 Å². The number of amides is 1. The molecule has 6 nitrogen and oxygen atoms in total. The van der Waals surface area contributed by atoms with Crippen molar-refractivity contribution in [3.63, 3.8) is 0 Å². The Morgan fingerprint density at radius 3 is 2.60 bits per heavy atom. The summed E-state index contributed by atoms with van der Waals surface area (Å²) < 4.78 is 0. The maximum atomic E-state index is 12.6. The molecule has 0 aromatic carbocycles. The summed E-state index contributed by atoms with van der Waals surface area (Å²) in [4.78, 5) is 26.6. The molecule has 1 saturated carbocycles. The number of hydrogen-bond donors (Lipinski definition) is 1. The van der Waals surface area contributed by atoms with Gasteiger partial charge in [-0.2, -0.15) is 0 Å². The molecule has 2 N–H and O–H groups in total. The molecule has 1 saturated heterocycles. The third kappa shape index (κ3) is 4.00. The molecule has 1 amide bonds. The highest BCUT2D eigenvalue weighted by Crippen LogP contribution is 2.29. The van der Waals surface area contributed by atoms with Gasteiger partial charge in [0, 0.05) is 38.1 Å². The van der Waals surface area contributed by atoms with Crippen LogP contribution in [0, 0.1) is 5.92 Å². The normalized spacial score (nSPS) is 23.2. The molecule has 2 atom stereocenters. The Morgan fingerprint density at radius 2 is 1.92 bits per heavy atom. The number of aromatic nitrogens is 2. The van der Waals surface area contributed by atoms with Gasteiger partial charge in [0.1, 0.15) is 17.0 Å².